The SMILES string of the molecule is CC1C(C(=O)OCc2ccccc2)CC1C(=O)OC1CCC2(C)C(CCC3C4CCC5(C(=O)NCc6ncc(-c7ccccc7)[nH]6)CCCC5C4CCC32)C1N. The van der Waals surface area contributed by atoms with Crippen LogP contribution in [-0.4, -0.2) is 40.0 Å². The number of carbonyl (C=O) groups is 3. The normalized spacial score (nSPS) is 38.4. The molecule has 0 bridgehead atoms. The summed E-state index contributed by atoms with van der Waals surface area (Å²) >= 11 is 0. The van der Waals surface area contributed by atoms with Crippen LogP contribution in [0, 0.1) is 64.1 Å². The van der Waals surface area contributed by atoms with Crippen molar-refractivity contribution in [2.75, 3.05) is 0 Å². The summed E-state index contributed by atoms with van der Waals surface area (Å²) < 4.78 is 11.8. The van der Waals surface area contributed by atoms with Crippen LogP contribution < -0.4 is 11.1 Å². The highest BCUT2D eigenvalue weighted by Gasteiger charge is 2.62. The maximum atomic E-state index is 14.2. The molecule has 0 spiro atoms. The molecule has 1 heterocycles. The maximum absolute atomic E-state index is 14.2. The molecule has 298 valence electrons. The molecule has 13 atom stereocenters. The van der Waals surface area contributed by atoms with Gasteiger partial charge in [-0.2, -0.15) is 0 Å². The Morgan fingerprint density at radius 1 is 0.821 bits per heavy atom. The summed E-state index contributed by atoms with van der Waals surface area (Å²) in [4.78, 5) is 48.5. The van der Waals surface area contributed by atoms with E-state index in [1.165, 1.54) is 19.3 Å². The second-order valence-electron chi connectivity index (χ2n) is 18.8. The molecule has 1 amide bonds. The first-order valence-electron chi connectivity index (χ1n) is 21.7. The van der Waals surface area contributed by atoms with Crippen molar-refractivity contribution in [2.45, 2.75) is 116 Å². The van der Waals surface area contributed by atoms with Crippen molar-refractivity contribution in [3.63, 3.8) is 0 Å². The van der Waals surface area contributed by atoms with E-state index in [0.717, 1.165) is 74.0 Å². The minimum Gasteiger partial charge on any atom is -0.461 e. The van der Waals surface area contributed by atoms with E-state index in [9.17, 15) is 14.4 Å². The molecule has 6 fully saturated rings. The zero-order valence-corrected chi connectivity index (χ0v) is 33.2. The number of rotatable bonds is 9. The van der Waals surface area contributed by atoms with Crippen LogP contribution in [0.5, 0.6) is 0 Å². The zero-order valence-electron chi connectivity index (χ0n) is 33.2. The quantitative estimate of drug-likeness (QED) is 0.188. The van der Waals surface area contributed by atoms with Gasteiger partial charge in [0.15, 0.2) is 0 Å². The minimum atomic E-state index is -0.287. The third-order valence-electron chi connectivity index (χ3n) is 16.5. The Hall–Kier alpha value is -3.98. The van der Waals surface area contributed by atoms with Gasteiger partial charge in [-0.25, -0.2) is 4.98 Å². The average Bonchev–Trinajstić information content (AvgIpc) is 3.89. The van der Waals surface area contributed by atoms with Gasteiger partial charge in [0.2, 0.25) is 5.91 Å². The van der Waals surface area contributed by atoms with Crippen LogP contribution in [-0.2, 0) is 37.0 Å². The topological polar surface area (TPSA) is 136 Å². The van der Waals surface area contributed by atoms with Gasteiger partial charge in [-0.05, 0) is 129 Å². The standard InChI is InChI=1S/C47H60N4O5/c1-28-34(43(52)55-27-29-10-5-3-6-11-29)24-35(28)44(53)56-40-20-22-46(2)36-17-15-33-31(32(36)16-18-38(46)42(40)48)19-23-47(21-9-14-37(33)47)45(54)50-26-41-49-25-39(51-41)30-12-7-4-8-13-30/h3-8,10-13,25,28,31-38,40,42H,9,14-24,26-27,48H2,1-2H3,(H,49,51)(H,50,54). The lowest BCUT2D eigenvalue weighted by Gasteiger charge is -2.63. The summed E-state index contributed by atoms with van der Waals surface area (Å²) in [7, 11) is 0. The Labute approximate surface area is 331 Å². The number of amides is 1. The molecule has 0 saturated heterocycles. The number of nitrogens with two attached hydrogens (primary N) is 1. The van der Waals surface area contributed by atoms with Crippen molar-refractivity contribution in [2.24, 2.45) is 69.8 Å². The fraction of sp³-hybridized carbons (Fsp3) is 0.617. The van der Waals surface area contributed by atoms with Crippen molar-refractivity contribution in [3.05, 3.63) is 78.2 Å². The predicted octanol–water partition coefficient (Wildman–Crippen LogP) is 8.00. The number of esters is 2. The Balaban J connectivity index is 0.791. The maximum Gasteiger partial charge on any atom is 0.309 e. The molecule has 4 N–H and O–H groups in total. The lowest BCUT2D eigenvalue weighted by Crippen LogP contribution is -2.62. The van der Waals surface area contributed by atoms with Crippen LogP contribution in [0.3, 0.4) is 0 Å². The smallest absolute Gasteiger partial charge is 0.309 e. The number of aromatic amines is 1. The molecule has 6 saturated carbocycles. The number of carbonyl (C=O) groups excluding carboxylic acids is 3. The number of ether oxygens (including phenoxy) is 2. The van der Waals surface area contributed by atoms with Crippen molar-refractivity contribution in [1.82, 2.24) is 15.3 Å². The first-order chi connectivity index (χ1) is 27.2. The first-order valence-corrected chi connectivity index (χ1v) is 21.7. The average molecular weight is 761 g/mol. The molecule has 56 heavy (non-hydrogen) atoms. The molecule has 0 aliphatic heterocycles. The van der Waals surface area contributed by atoms with E-state index in [2.05, 4.69) is 34.3 Å². The number of aromatic nitrogens is 2. The molecule has 0 radical (unpaired) electrons. The van der Waals surface area contributed by atoms with Gasteiger partial charge in [0.25, 0.3) is 0 Å². The Bertz CT molecular complexity index is 1900. The molecule has 2 aromatic carbocycles. The highest BCUT2D eigenvalue weighted by Crippen LogP contribution is 2.67. The molecule has 13 unspecified atom stereocenters. The molecule has 9 nitrogen and oxygen atoms in total. The van der Waals surface area contributed by atoms with Crippen LogP contribution in [0.1, 0.15) is 102 Å². The first kappa shape index (κ1) is 37.6. The van der Waals surface area contributed by atoms with E-state index in [-0.39, 0.29) is 65.2 Å². The largest absolute Gasteiger partial charge is 0.461 e. The van der Waals surface area contributed by atoms with E-state index in [0.29, 0.717) is 48.5 Å². The second kappa shape index (κ2) is 15.1. The lowest BCUT2D eigenvalue weighted by molar-refractivity contribution is -0.182. The van der Waals surface area contributed by atoms with Gasteiger partial charge in [0, 0.05) is 6.04 Å². The van der Waals surface area contributed by atoms with Crippen molar-refractivity contribution >= 4 is 17.8 Å². The van der Waals surface area contributed by atoms with E-state index in [1.807, 2.05) is 61.7 Å². The van der Waals surface area contributed by atoms with Gasteiger partial charge in [-0.1, -0.05) is 80.9 Å². The third-order valence-corrected chi connectivity index (χ3v) is 16.5. The Morgan fingerprint density at radius 2 is 1.54 bits per heavy atom. The number of imidazole rings is 1. The number of benzene rings is 2. The van der Waals surface area contributed by atoms with Gasteiger partial charge < -0.3 is 25.5 Å². The molecule has 6 aliphatic carbocycles. The zero-order chi connectivity index (χ0) is 38.6. The van der Waals surface area contributed by atoms with Gasteiger partial charge in [-0.3, -0.25) is 14.4 Å². The number of nitrogens with one attached hydrogen (secondary N) is 2. The van der Waals surface area contributed by atoms with Gasteiger partial charge in [-0.15, -0.1) is 0 Å². The summed E-state index contributed by atoms with van der Waals surface area (Å²) in [6.45, 7) is 5.15. The van der Waals surface area contributed by atoms with E-state index in [4.69, 9.17) is 15.2 Å². The van der Waals surface area contributed by atoms with Crippen LogP contribution in [0.4, 0.5) is 0 Å². The number of fused-ring (bicyclic) bond motifs is 7. The molecule has 1 aromatic heterocycles. The predicted molar refractivity (Wildman–Crippen MR) is 213 cm³/mol. The van der Waals surface area contributed by atoms with Crippen molar-refractivity contribution in [1.29, 1.82) is 0 Å². The molecular weight excluding hydrogens is 701 g/mol. The van der Waals surface area contributed by atoms with Crippen LogP contribution >= 0.6 is 0 Å². The molecular formula is C47H60N4O5. The van der Waals surface area contributed by atoms with E-state index in [1.54, 1.807) is 0 Å². The van der Waals surface area contributed by atoms with Crippen molar-refractivity contribution < 1.29 is 23.9 Å². The summed E-state index contributed by atoms with van der Waals surface area (Å²) in [5.74, 6) is 3.32. The minimum absolute atomic E-state index is 0.106. The van der Waals surface area contributed by atoms with Gasteiger partial charge in [0.1, 0.15) is 18.5 Å². The van der Waals surface area contributed by atoms with Crippen molar-refractivity contribution in [3.8, 4) is 11.3 Å². The Kier molecular flexibility index (Phi) is 10.1. The van der Waals surface area contributed by atoms with E-state index < -0.39 is 0 Å². The van der Waals surface area contributed by atoms with Crippen LogP contribution in [0.25, 0.3) is 11.3 Å². The van der Waals surface area contributed by atoms with Crippen LogP contribution in [0.2, 0.25) is 0 Å². The fourth-order valence-electron chi connectivity index (χ4n) is 13.5. The number of H-pyrrole nitrogens is 1. The van der Waals surface area contributed by atoms with E-state index >= 15 is 0 Å². The fourth-order valence-corrected chi connectivity index (χ4v) is 13.5. The highest BCUT2D eigenvalue weighted by atomic mass is 16.5. The summed E-state index contributed by atoms with van der Waals surface area (Å²) in [6, 6.07) is 19.7. The van der Waals surface area contributed by atoms with Gasteiger partial charge >= 0.3 is 11.9 Å². The van der Waals surface area contributed by atoms with Gasteiger partial charge in [0.05, 0.1) is 35.7 Å². The molecule has 9 heteroatoms. The Morgan fingerprint density at radius 3 is 2.30 bits per heavy atom. The number of hydrogen-bond acceptors (Lipinski definition) is 7. The summed E-state index contributed by atoms with van der Waals surface area (Å²) in [5.41, 5.74) is 10.0. The van der Waals surface area contributed by atoms with Crippen LogP contribution in [0.15, 0.2) is 66.9 Å². The molecule has 9 rings (SSSR count). The summed E-state index contributed by atoms with van der Waals surface area (Å²) in [5, 5.41) is 3.34. The molecule has 3 aromatic rings. The highest BCUT2D eigenvalue weighted by molar-refractivity contribution is 5.83. The lowest BCUT2D eigenvalue weighted by atomic mass is 9.43. The summed E-state index contributed by atoms with van der Waals surface area (Å²) in [6.07, 6.45) is 14.0. The molecule has 6 aliphatic rings. The second-order valence-corrected chi connectivity index (χ2v) is 18.8. The third kappa shape index (κ3) is 6.50. The monoisotopic (exact) mass is 760 g/mol. The number of nitrogens with zero attached hydrogens (tertiary/aromatic N) is 1. The number of hydrogen-bond donors (Lipinski definition) is 3.